The molecule has 0 unspecified atom stereocenters. The van der Waals surface area contributed by atoms with E-state index in [9.17, 15) is 15.0 Å². The van der Waals surface area contributed by atoms with E-state index >= 15 is 0 Å². The Hall–Kier alpha value is -1.84. The van der Waals surface area contributed by atoms with E-state index in [1.54, 1.807) is 0 Å². The summed E-state index contributed by atoms with van der Waals surface area (Å²) in [6, 6.07) is -0.619. The number of nitrogens with zero attached hydrogens (tertiary/aromatic N) is 1. The molecule has 0 bridgehead atoms. The quantitative estimate of drug-likeness (QED) is 0.307. The molecule has 1 aliphatic rings. The van der Waals surface area contributed by atoms with E-state index < -0.39 is 30.4 Å². The Morgan fingerprint density at radius 2 is 2.22 bits per heavy atom. The first-order chi connectivity index (χ1) is 8.52. The third-order valence-electron chi connectivity index (χ3n) is 2.75. The minimum atomic E-state index is -1.29. The Balaban J connectivity index is 2.22. The highest BCUT2D eigenvalue weighted by molar-refractivity contribution is 5.67. The molecule has 0 saturated heterocycles. The summed E-state index contributed by atoms with van der Waals surface area (Å²) in [5.41, 5.74) is 5.06. The van der Waals surface area contributed by atoms with Crippen LogP contribution >= 0.6 is 0 Å². The van der Waals surface area contributed by atoms with E-state index in [0.717, 1.165) is 0 Å². The van der Waals surface area contributed by atoms with Crippen molar-refractivity contribution < 1.29 is 15.3 Å². The third-order valence-corrected chi connectivity index (χ3v) is 2.75. The van der Waals surface area contributed by atoms with E-state index in [-0.39, 0.29) is 24.0 Å². The van der Waals surface area contributed by atoms with Gasteiger partial charge in [-0.15, -0.1) is 0 Å². The highest BCUT2D eigenvalue weighted by atomic mass is 16.4. The number of aliphatic hydroxyl groups excluding tert-OH is 3. The molecule has 100 valence electrons. The molecule has 1 aromatic rings. The first-order valence-corrected chi connectivity index (χ1v) is 5.40. The van der Waals surface area contributed by atoms with Crippen LogP contribution in [0.4, 0.5) is 17.5 Å². The number of aromatic nitrogens is 2. The van der Waals surface area contributed by atoms with Crippen molar-refractivity contribution in [2.45, 2.75) is 18.2 Å². The minimum Gasteiger partial charge on any atom is -0.394 e. The molecule has 3 atom stereocenters. The van der Waals surface area contributed by atoms with Gasteiger partial charge in [0.05, 0.1) is 12.6 Å². The van der Waals surface area contributed by atoms with Gasteiger partial charge in [0.15, 0.2) is 5.82 Å². The van der Waals surface area contributed by atoms with Crippen molar-refractivity contribution in [2.24, 2.45) is 0 Å². The standard InChI is InChI=1S/C9H15N5O4/c10-9-13-7-5(8(18)14-9)12-3(1-11-7)6(17)4(16)2-15/h3-4,6,12,15-17H,1-2H2,(H4,10,11,13,14,18)/t3-,4+,6+/m1/s1. The summed E-state index contributed by atoms with van der Waals surface area (Å²) in [4.78, 5) is 17.8. The lowest BCUT2D eigenvalue weighted by Gasteiger charge is -2.31. The maximum absolute atomic E-state index is 11.6. The number of rotatable bonds is 3. The van der Waals surface area contributed by atoms with E-state index in [2.05, 4.69) is 20.6 Å². The van der Waals surface area contributed by atoms with Gasteiger partial charge in [-0.2, -0.15) is 4.98 Å². The van der Waals surface area contributed by atoms with Crippen LogP contribution in [0, 0.1) is 0 Å². The number of anilines is 3. The molecule has 0 aliphatic carbocycles. The van der Waals surface area contributed by atoms with Gasteiger partial charge < -0.3 is 31.7 Å². The molecular weight excluding hydrogens is 242 g/mol. The average Bonchev–Trinajstić information content (AvgIpc) is 2.36. The van der Waals surface area contributed by atoms with Crippen LogP contribution in [0.1, 0.15) is 0 Å². The normalized spacial score (nSPS) is 21.4. The largest absolute Gasteiger partial charge is 0.394 e. The highest BCUT2D eigenvalue weighted by Gasteiger charge is 2.30. The molecule has 18 heavy (non-hydrogen) atoms. The van der Waals surface area contributed by atoms with Crippen molar-refractivity contribution in [1.29, 1.82) is 0 Å². The lowest BCUT2D eigenvalue weighted by molar-refractivity contribution is -0.0210. The average molecular weight is 257 g/mol. The zero-order valence-corrected chi connectivity index (χ0v) is 9.42. The van der Waals surface area contributed by atoms with E-state index in [4.69, 9.17) is 10.8 Å². The number of nitrogen functional groups attached to an aromatic ring is 1. The Morgan fingerprint density at radius 1 is 1.50 bits per heavy atom. The second-order valence-electron chi connectivity index (χ2n) is 4.05. The molecule has 0 saturated carbocycles. The molecule has 1 aliphatic heterocycles. The van der Waals surface area contributed by atoms with Crippen LogP contribution in [0.15, 0.2) is 4.79 Å². The number of nitrogens with two attached hydrogens (primary N) is 1. The van der Waals surface area contributed by atoms with Crippen molar-refractivity contribution in [2.75, 3.05) is 29.5 Å². The van der Waals surface area contributed by atoms with E-state index in [1.807, 2.05) is 0 Å². The second kappa shape index (κ2) is 4.80. The summed E-state index contributed by atoms with van der Waals surface area (Å²) in [6.45, 7) is -0.330. The fourth-order valence-electron chi connectivity index (χ4n) is 1.78. The first kappa shape index (κ1) is 12.6. The number of H-pyrrole nitrogens is 1. The SMILES string of the molecule is Nc1nc2c(c(=O)[nH]1)N[C@@H]([C@H](O)[C@@H](O)CO)CN2. The molecule has 2 rings (SSSR count). The summed E-state index contributed by atoms with van der Waals surface area (Å²) in [7, 11) is 0. The summed E-state index contributed by atoms with van der Waals surface area (Å²) in [6.07, 6.45) is -2.50. The topological polar surface area (TPSA) is 157 Å². The Labute approximate surface area is 102 Å². The molecule has 0 amide bonds. The molecule has 0 aromatic carbocycles. The summed E-state index contributed by atoms with van der Waals surface area (Å²) in [5, 5.41) is 33.5. The predicted octanol–water partition coefficient (Wildman–Crippen LogP) is -2.73. The van der Waals surface area contributed by atoms with Gasteiger partial charge >= 0.3 is 0 Å². The zero-order valence-electron chi connectivity index (χ0n) is 9.42. The Bertz CT molecular complexity index is 490. The Morgan fingerprint density at radius 3 is 2.89 bits per heavy atom. The molecule has 9 heteroatoms. The Kier molecular flexibility index (Phi) is 3.36. The predicted molar refractivity (Wildman–Crippen MR) is 64.3 cm³/mol. The number of aromatic amines is 1. The van der Waals surface area contributed by atoms with Crippen molar-refractivity contribution in [3.8, 4) is 0 Å². The monoisotopic (exact) mass is 257 g/mol. The lowest BCUT2D eigenvalue weighted by atomic mass is 10.0. The summed E-state index contributed by atoms with van der Waals surface area (Å²) in [5.74, 6) is 0.278. The van der Waals surface area contributed by atoms with E-state index in [0.29, 0.717) is 0 Å². The van der Waals surface area contributed by atoms with Crippen LogP contribution in [-0.2, 0) is 0 Å². The van der Waals surface area contributed by atoms with Crippen LogP contribution in [0.2, 0.25) is 0 Å². The number of fused-ring (bicyclic) bond motifs is 1. The van der Waals surface area contributed by atoms with Gasteiger partial charge in [0.1, 0.15) is 17.9 Å². The second-order valence-corrected chi connectivity index (χ2v) is 4.05. The summed E-state index contributed by atoms with van der Waals surface area (Å²) >= 11 is 0. The molecule has 0 radical (unpaired) electrons. The number of hydrogen-bond acceptors (Lipinski definition) is 8. The zero-order chi connectivity index (χ0) is 13.3. The van der Waals surface area contributed by atoms with Gasteiger partial charge in [-0.25, -0.2) is 0 Å². The number of hydrogen-bond donors (Lipinski definition) is 7. The van der Waals surface area contributed by atoms with Crippen molar-refractivity contribution in [3.05, 3.63) is 10.4 Å². The molecular formula is C9H15N5O4. The molecule has 9 nitrogen and oxygen atoms in total. The minimum absolute atomic E-state index is 0.0116. The van der Waals surface area contributed by atoms with Crippen molar-refractivity contribution in [1.82, 2.24) is 9.97 Å². The van der Waals surface area contributed by atoms with E-state index in [1.165, 1.54) is 0 Å². The fraction of sp³-hybridized carbons (Fsp3) is 0.556. The maximum atomic E-state index is 11.6. The fourth-order valence-corrected chi connectivity index (χ4v) is 1.78. The first-order valence-electron chi connectivity index (χ1n) is 5.40. The summed E-state index contributed by atoms with van der Waals surface area (Å²) < 4.78 is 0. The molecule has 2 heterocycles. The highest BCUT2D eigenvalue weighted by Crippen LogP contribution is 2.21. The van der Waals surface area contributed by atoms with Crippen LogP contribution in [-0.4, -0.2) is 56.7 Å². The molecule has 0 fully saturated rings. The number of aliphatic hydroxyl groups is 3. The lowest BCUT2D eigenvalue weighted by Crippen LogP contribution is -2.50. The van der Waals surface area contributed by atoms with Crippen LogP contribution < -0.4 is 21.9 Å². The van der Waals surface area contributed by atoms with Crippen molar-refractivity contribution >= 4 is 17.5 Å². The van der Waals surface area contributed by atoms with Gasteiger partial charge in [0.25, 0.3) is 5.56 Å². The van der Waals surface area contributed by atoms with Crippen LogP contribution in [0.5, 0.6) is 0 Å². The van der Waals surface area contributed by atoms with Gasteiger partial charge in [-0.05, 0) is 0 Å². The molecule has 1 aromatic heterocycles. The van der Waals surface area contributed by atoms with Crippen molar-refractivity contribution in [3.63, 3.8) is 0 Å². The van der Waals surface area contributed by atoms with Crippen LogP contribution in [0.3, 0.4) is 0 Å². The molecule has 0 spiro atoms. The maximum Gasteiger partial charge on any atom is 0.277 e. The van der Waals surface area contributed by atoms with Gasteiger partial charge in [-0.3, -0.25) is 9.78 Å². The van der Waals surface area contributed by atoms with Gasteiger partial charge in [0.2, 0.25) is 5.95 Å². The molecule has 8 N–H and O–H groups in total. The third kappa shape index (κ3) is 2.23. The number of nitrogens with one attached hydrogen (secondary N) is 3. The van der Waals surface area contributed by atoms with Gasteiger partial charge in [0, 0.05) is 6.54 Å². The van der Waals surface area contributed by atoms with Crippen LogP contribution in [0.25, 0.3) is 0 Å². The smallest absolute Gasteiger partial charge is 0.277 e. The van der Waals surface area contributed by atoms with Gasteiger partial charge in [-0.1, -0.05) is 0 Å².